The van der Waals surface area contributed by atoms with Gasteiger partial charge in [-0.05, 0) is 57.4 Å². The Hall–Kier alpha value is -1.15. The first-order valence-electron chi connectivity index (χ1n) is 7.41. The van der Waals surface area contributed by atoms with Crippen molar-refractivity contribution >= 4 is 28.3 Å². The van der Waals surface area contributed by atoms with Crippen LogP contribution in [0.15, 0.2) is 29.2 Å². The number of sulfonamides is 1. The molecule has 1 aromatic carbocycles. The molecule has 130 valence electrons. The Morgan fingerprint density at radius 1 is 1.30 bits per heavy atom. The fourth-order valence-electron chi connectivity index (χ4n) is 2.64. The van der Waals surface area contributed by atoms with Crippen LogP contribution >= 0.6 is 12.4 Å². The van der Waals surface area contributed by atoms with Gasteiger partial charge in [0.25, 0.3) is 0 Å². The zero-order chi connectivity index (χ0) is 16.4. The molecule has 0 aliphatic carbocycles. The van der Waals surface area contributed by atoms with E-state index in [1.54, 1.807) is 12.1 Å². The lowest BCUT2D eigenvalue weighted by atomic mass is 9.89. The highest BCUT2D eigenvalue weighted by Gasteiger charge is 2.34. The molecule has 1 fully saturated rings. The standard InChI is InChI=1S/C15H23N3O3S.ClH/c1-11(12-5-7-13(8-6-12)22(16,20)21)18-14(19)15(2)9-3-4-10-17-15;/h5-8,11,17H,3-4,9-10H2,1-2H3,(H,18,19)(H2,16,20,21);1H. The smallest absolute Gasteiger partial charge is 0.240 e. The fourth-order valence-corrected chi connectivity index (χ4v) is 3.15. The molecule has 23 heavy (non-hydrogen) atoms. The largest absolute Gasteiger partial charge is 0.348 e. The zero-order valence-corrected chi connectivity index (χ0v) is 15.0. The van der Waals surface area contributed by atoms with Crippen molar-refractivity contribution in [3.05, 3.63) is 29.8 Å². The number of hydrogen-bond donors (Lipinski definition) is 3. The van der Waals surface area contributed by atoms with E-state index < -0.39 is 15.6 Å². The molecule has 1 aromatic rings. The Morgan fingerprint density at radius 3 is 2.39 bits per heavy atom. The highest BCUT2D eigenvalue weighted by molar-refractivity contribution is 7.89. The Morgan fingerprint density at radius 2 is 1.91 bits per heavy atom. The fraction of sp³-hybridized carbons (Fsp3) is 0.533. The molecule has 1 amide bonds. The van der Waals surface area contributed by atoms with E-state index in [-0.39, 0.29) is 29.3 Å². The van der Waals surface area contributed by atoms with Gasteiger partial charge in [-0.25, -0.2) is 13.6 Å². The SMILES string of the molecule is CC(NC(=O)C1(C)CCCCN1)c1ccc(S(N)(=O)=O)cc1.Cl. The van der Waals surface area contributed by atoms with Crippen molar-refractivity contribution in [1.82, 2.24) is 10.6 Å². The monoisotopic (exact) mass is 361 g/mol. The van der Waals surface area contributed by atoms with Gasteiger partial charge in [0.1, 0.15) is 0 Å². The van der Waals surface area contributed by atoms with E-state index in [0.717, 1.165) is 31.4 Å². The Balaban J connectivity index is 0.00000264. The van der Waals surface area contributed by atoms with Crippen molar-refractivity contribution in [3.63, 3.8) is 0 Å². The predicted molar refractivity (Wildman–Crippen MR) is 91.9 cm³/mol. The minimum absolute atomic E-state index is 0. The molecule has 6 nitrogen and oxygen atoms in total. The third kappa shape index (κ3) is 4.91. The molecule has 0 saturated carbocycles. The number of piperidine rings is 1. The van der Waals surface area contributed by atoms with Gasteiger partial charge >= 0.3 is 0 Å². The van der Waals surface area contributed by atoms with Crippen molar-refractivity contribution in [2.75, 3.05) is 6.54 Å². The van der Waals surface area contributed by atoms with E-state index in [9.17, 15) is 13.2 Å². The van der Waals surface area contributed by atoms with Crippen molar-refractivity contribution in [1.29, 1.82) is 0 Å². The number of benzene rings is 1. The summed E-state index contributed by atoms with van der Waals surface area (Å²) in [6, 6.07) is 6.03. The molecule has 1 aliphatic heterocycles. The quantitative estimate of drug-likeness (QED) is 0.755. The maximum absolute atomic E-state index is 12.4. The number of halogens is 1. The average Bonchev–Trinajstić information content (AvgIpc) is 2.47. The van der Waals surface area contributed by atoms with Gasteiger partial charge in [-0.1, -0.05) is 12.1 Å². The molecule has 0 aromatic heterocycles. The van der Waals surface area contributed by atoms with Gasteiger partial charge in [0.15, 0.2) is 0 Å². The van der Waals surface area contributed by atoms with Crippen LogP contribution in [0.1, 0.15) is 44.7 Å². The van der Waals surface area contributed by atoms with Gasteiger partial charge in [-0.2, -0.15) is 0 Å². The number of nitrogens with two attached hydrogens (primary N) is 1. The minimum atomic E-state index is -3.69. The third-order valence-corrected chi connectivity index (χ3v) is 5.11. The van der Waals surface area contributed by atoms with Crippen LogP contribution in [0.4, 0.5) is 0 Å². The summed E-state index contributed by atoms with van der Waals surface area (Å²) >= 11 is 0. The Kier molecular flexibility index (Phi) is 6.59. The van der Waals surface area contributed by atoms with E-state index in [1.807, 2.05) is 13.8 Å². The summed E-state index contributed by atoms with van der Waals surface area (Å²) in [7, 11) is -3.69. The van der Waals surface area contributed by atoms with Gasteiger partial charge < -0.3 is 10.6 Å². The first-order chi connectivity index (χ1) is 10.2. The first kappa shape index (κ1) is 19.9. The van der Waals surface area contributed by atoms with Crippen molar-refractivity contribution in [3.8, 4) is 0 Å². The molecular formula is C15H24ClN3O3S. The number of carbonyl (C=O) groups excluding carboxylic acids is 1. The van der Waals surface area contributed by atoms with Crippen LogP contribution < -0.4 is 15.8 Å². The highest BCUT2D eigenvalue weighted by atomic mass is 35.5. The van der Waals surface area contributed by atoms with Crippen molar-refractivity contribution in [2.24, 2.45) is 5.14 Å². The summed E-state index contributed by atoms with van der Waals surface area (Å²) < 4.78 is 22.5. The van der Waals surface area contributed by atoms with E-state index in [4.69, 9.17) is 5.14 Å². The molecule has 1 heterocycles. The Labute approximate surface area is 143 Å². The van der Waals surface area contributed by atoms with Crippen LogP contribution in [-0.2, 0) is 14.8 Å². The summed E-state index contributed by atoms with van der Waals surface area (Å²) in [5.41, 5.74) is 0.299. The van der Waals surface area contributed by atoms with Gasteiger partial charge in [0.2, 0.25) is 15.9 Å². The molecule has 8 heteroatoms. The predicted octanol–water partition coefficient (Wildman–Crippen LogP) is 1.47. The summed E-state index contributed by atoms with van der Waals surface area (Å²) in [6.45, 7) is 4.63. The normalized spacial score (nSPS) is 22.7. The second-order valence-electron chi connectivity index (χ2n) is 6.03. The number of rotatable bonds is 4. The van der Waals surface area contributed by atoms with Crippen molar-refractivity contribution in [2.45, 2.75) is 49.6 Å². The molecule has 4 N–H and O–H groups in total. The topological polar surface area (TPSA) is 101 Å². The maximum Gasteiger partial charge on any atom is 0.240 e. The molecule has 1 saturated heterocycles. The molecule has 2 atom stereocenters. The van der Waals surface area contributed by atoms with E-state index >= 15 is 0 Å². The van der Waals surface area contributed by atoms with Crippen LogP contribution in [0, 0.1) is 0 Å². The van der Waals surface area contributed by atoms with Crippen molar-refractivity contribution < 1.29 is 13.2 Å². The van der Waals surface area contributed by atoms with Crippen LogP contribution in [0.2, 0.25) is 0 Å². The second-order valence-corrected chi connectivity index (χ2v) is 7.59. The van der Waals surface area contributed by atoms with Gasteiger partial charge in [0.05, 0.1) is 16.5 Å². The van der Waals surface area contributed by atoms with Gasteiger partial charge in [-0.3, -0.25) is 4.79 Å². The van der Waals surface area contributed by atoms with E-state index in [1.165, 1.54) is 12.1 Å². The number of carbonyl (C=O) groups is 1. The van der Waals surface area contributed by atoms with Crippen LogP contribution in [0.25, 0.3) is 0 Å². The molecule has 0 spiro atoms. The number of nitrogens with one attached hydrogen (secondary N) is 2. The first-order valence-corrected chi connectivity index (χ1v) is 8.96. The molecule has 2 rings (SSSR count). The minimum Gasteiger partial charge on any atom is -0.348 e. The average molecular weight is 362 g/mol. The van der Waals surface area contributed by atoms with Crippen LogP contribution in [0.3, 0.4) is 0 Å². The maximum atomic E-state index is 12.4. The molecule has 1 aliphatic rings. The summed E-state index contributed by atoms with van der Waals surface area (Å²) in [4.78, 5) is 12.5. The third-order valence-electron chi connectivity index (χ3n) is 4.18. The molecule has 2 unspecified atom stereocenters. The molecular weight excluding hydrogens is 338 g/mol. The lowest BCUT2D eigenvalue weighted by Crippen LogP contribution is -2.57. The summed E-state index contributed by atoms with van der Waals surface area (Å²) in [6.07, 6.45) is 2.94. The Bertz CT molecular complexity index is 640. The van der Waals surface area contributed by atoms with E-state index in [2.05, 4.69) is 10.6 Å². The van der Waals surface area contributed by atoms with Crippen LogP contribution in [0.5, 0.6) is 0 Å². The number of hydrogen-bond acceptors (Lipinski definition) is 4. The van der Waals surface area contributed by atoms with Crippen LogP contribution in [-0.4, -0.2) is 26.4 Å². The lowest BCUT2D eigenvalue weighted by molar-refractivity contribution is -0.128. The summed E-state index contributed by atoms with van der Waals surface area (Å²) in [5.74, 6) is -0.0322. The highest BCUT2D eigenvalue weighted by Crippen LogP contribution is 2.21. The summed E-state index contributed by atoms with van der Waals surface area (Å²) in [5, 5.41) is 11.3. The molecule has 0 radical (unpaired) electrons. The van der Waals surface area contributed by atoms with Gasteiger partial charge in [0, 0.05) is 0 Å². The second kappa shape index (κ2) is 7.61. The molecule has 0 bridgehead atoms. The van der Waals surface area contributed by atoms with Gasteiger partial charge in [-0.15, -0.1) is 12.4 Å². The number of primary sulfonamides is 1. The lowest BCUT2D eigenvalue weighted by Gasteiger charge is -2.34. The van der Waals surface area contributed by atoms with E-state index in [0.29, 0.717) is 0 Å². The zero-order valence-electron chi connectivity index (χ0n) is 13.3. The number of amides is 1.